The lowest BCUT2D eigenvalue weighted by Crippen LogP contribution is -2.50. The molecule has 3 atom stereocenters. The molecule has 4 heterocycles. The van der Waals surface area contributed by atoms with Crippen LogP contribution >= 0.6 is 0 Å². The normalized spacial score (nSPS) is 27.3. The van der Waals surface area contributed by atoms with Crippen LogP contribution in [0, 0.1) is 28.6 Å². The van der Waals surface area contributed by atoms with Crippen molar-refractivity contribution in [3.63, 3.8) is 0 Å². The molecule has 1 N–H and O–H groups in total. The van der Waals surface area contributed by atoms with Crippen molar-refractivity contribution in [2.45, 2.75) is 56.4 Å². The number of anilines is 1. The van der Waals surface area contributed by atoms with Gasteiger partial charge in [-0.05, 0) is 80.5 Å². The van der Waals surface area contributed by atoms with Crippen molar-refractivity contribution < 1.29 is 27.6 Å². The zero-order valence-electron chi connectivity index (χ0n) is 22.8. The third-order valence-corrected chi connectivity index (χ3v) is 11.2. The van der Waals surface area contributed by atoms with Gasteiger partial charge in [-0.1, -0.05) is 6.92 Å². The molecule has 11 nitrogen and oxygen atoms in total. The first kappa shape index (κ1) is 27.8. The summed E-state index contributed by atoms with van der Waals surface area (Å²) in [7, 11) is -2.38. The highest BCUT2D eigenvalue weighted by molar-refractivity contribution is 7.89. The van der Waals surface area contributed by atoms with Crippen LogP contribution < -0.4 is 5.32 Å². The second kappa shape index (κ2) is 11.4. The Morgan fingerprint density at radius 2 is 1.59 bits per heavy atom. The Bertz CT molecular complexity index is 1180. The quantitative estimate of drug-likeness (QED) is 0.548. The monoisotopic (exact) mass is 562 g/mol. The molecule has 2 amide bonds. The molecule has 4 fully saturated rings. The highest BCUT2D eigenvalue weighted by Gasteiger charge is 2.54. The molecule has 0 spiro atoms. The molecule has 0 aliphatic carbocycles. The molecule has 214 valence electrons. The summed E-state index contributed by atoms with van der Waals surface area (Å²) in [4.78, 5) is 40.6. The number of amides is 2. The fourth-order valence-corrected chi connectivity index (χ4v) is 8.28. The summed E-state index contributed by atoms with van der Waals surface area (Å²) in [5, 5.41) is 4.39. The Balaban J connectivity index is 1.18. The second-order valence-electron chi connectivity index (χ2n) is 11.5. The number of methoxy groups -OCH3 is 1. The van der Waals surface area contributed by atoms with E-state index in [1.807, 2.05) is 9.91 Å². The molecular formula is C27H40N5O6S+. The number of nitrogens with zero attached hydrogens (tertiary/aromatic N) is 4. The van der Waals surface area contributed by atoms with Crippen LogP contribution in [0.4, 0.5) is 10.5 Å². The highest BCUT2D eigenvalue weighted by atomic mass is 32.2. The van der Waals surface area contributed by atoms with Crippen LogP contribution in [-0.2, 0) is 19.6 Å². The molecule has 0 saturated carbocycles. The zero-order valence-corrected chi connectivity index (χ0v) is 23.6. The molecule has 4 aliphatic rings. The molecule has 1 aromatic carbocycles. The predicted octanol–water partition coefficient (Wildman–Crippen LogP) is 2.93. The van der Waals surface area contributed by atoms with E-state index < -0.39 is 16.1 Å². The van der Waals surface area contributed by atoms with Gasteiger partial charge in [0.25, 0.3) is 0 Å². The van der Waals surface area contributed by atoms with Crippen LogP contribution in [0.25, 0.3) is 0 Å². The van der Waals surface area contributed by atoms with E-state index in [0.717, 1.165) is 56.5 Å². The number of piperidine rings is 3. The smallest absolute Gasteiger partial charge is 0.411 e. The number of carbonyl (C=O) groups excluding carboxylic acids is 2. The standard InChI is InChI=1S/C27H39N5O6S/c1-19-7-12-29(13-8-19)26(33)24-18-32(35)31-16-11-21(17-25(24)31)20-9-14-30(15-10-20)39(36,37)23-5-3-22(4-6-23)28-27(34)38-2/h3-6,19-21,24-25H,7-18H2,1-2H3/p+1. The van der Waals surface area contributed by atoms with Crippen LogP contribution in [0.2, 0.25) is 0 Å². The Morgan fingerprint density at radius 3 is 2.23 bits per heavy atom. The number of ether oxygens (including phenoxy) is 1. The van der Waals surface area contributed by atoms with Crippen molar-refractivity contribution in [1.29, 1.82) is 0 Å². The Labute approximate surface area is 230 Å². The predicted molar refractivity (Wildman–Crippen MR) is 144 cm³/mol. The topological polar surface area (TPSA) is 119 Å². The van der Waals surface area contributed by atoms with Gasteiger partial charge in [0.05, 0.1) is 23.5 Å². The van der Waals surface area contributed by atoms with Crippen molar-refractivity contribution >= 4 is 27.7 Å². The average Bonchev–Trinajstić information content (AvgIpc) is 3.29. The number of hydrazine groups is 1. The molecule has 4 saturated heterocycles. The summed E-state index contributed by atoms with van der Waals surface area (Å²) in [6.07, 6.45) is 4.66. The Morgan fingerprint density at radius 1 is 0.949 bits per heavy atom. The summed E-state index contributed by atoms with van der Waals surface area (Å²) in [5.74, 6) is 1.24. The molecule has 0 radical (unpaired) electrons. The fraction of sp³-hybridized carbons (Fsp3) is 0.704. The SMILES string of the molecule is COC(=O)Nc1ccc(S(=O)(=O)N2CCC(C3CCN4C(C3)C(C(=O)N3CCC(C)CC3)C[N+]4=O)CC2)cc1. The third kappa shape index (κ3) is 5.77. The van der Waals surface area contributed by atoms with Crippen LogP contribution in [0.15, 0.2) is 29.2 Å². The van der Waals surface area contributed by atoms with Crippen molar-refractivity contribution in [2.75, 3.05) is 51.7 Å². The fourth-order valence-electron chi connectivity index (χ4n) is 6.81. The number of hydrogen-bond acceptors (Lipinski definition) is 6. The minimum absolute atomic E-state index is 0.0630. The first-order chi connectivity index (χ1) is 18.7. The van der Waals surface area contributed by atoms with Crippen LogP contribution in [0.1, 0.15) is 45.4 Å². The van der Waals surface area contributed by atoms with Gasteiger partial charge in [0, 0.05) is 31.9 Å². The summed E-state index contributed by atoms with van der Waals surface area (Å²) in [6.45, 7) is 5.58. The van der Waals surface area contributed by atoms with Gasteiger partial charge in [0.2, 0.25) is 22.5 Å². The van der Waals surface area contributed by atoms with Gasteiger partial charge >= 0.3 is 6.09 Å². The maximum atomic E-state index is 13.4. The number of nitrogens with one attached hydrogen (secondary N) is 1. The lowest BCUT2D eigenvalue weighted by Gasteiger charge is -2.40. The minimum atomic E-state index is -3.64. The van der Waals surface area contributed by atoms with E-state index in [4.69, 9.17) is 0 Å². The number of likely N-dealkylation sites (tertiary alicyclic amines) is 1. The van der Waals surface area contributed by atoms with E-state index in [0.29, 0.717) is 43.1 Å². The summed E-state index contributed by atoms with van der Waals surface area (Å²) in [5.41, 5.74) is 0.459. The first-order valence-electron chi connectivity index (χ1n) is 14.1. The van der Waals surface area contributed by atoms with Gasteiger partial charge in [-0.3, -0.25) is 10.1 Å². The van der Waals surface area contributed by atoms with Crippen LogP contribution in [0.5, 0.6) is 0 Å². The number of fused-ring (bicyclic) bond motifs is 1. The largest absolute Gasteiger partial charge is 0.453 e. The van der Waals surface area contributed by atoms with Crippen LogP contribution in [-0.4, -0.2) is 91.9 Å². The average molecular weight is 563 g/mol. The molecule has 1 aromatic rings. The maximum absolute atomic E-state index is 13.4. The van der Waals surface area contributed by atoms with E-state index in [1.54, 1.807) is 16.4 Å². The summed E-state index contributed by atoms with van der Waals surface area (Å²) < 4.78 is 32.6. The molecular weight excluding hydrogens is 522 g/mol. The maximum Gasteiger partial charge on any atom is 0.411 e. The van der Waals surface area contributed by atoms with Crippen molar-refractivity contribution in [2.24, 2.45) is 23.7 Å². The lowest BCUT2D eigenvalue weighted by atomic mass is 9.75. The first-order valence-corrected chi connectivity index (χ1v) is 15.6. The van der Waals surface area contributed by atoms with E-state index in [2.05, 4.69) is 17.0 Å². The Kier molecular flexibility index (Phi) is 8.14. The van der Waals surface area contributed by atoms with Gasteiger partial charge in [0.1, 0.15) is 16.8 Å². The van der Waals surface area contributed by atoms with Gasteiger partial charge < -0.3 is 9.64 Å². The van der Waals surface area contributed by atoms with E-state index >= 15 is 0 Å². The molecule has 0 aromatic heterocycles. The van der Waals surface area contributed by atoms with E-state index in [9.17, 15) is 22.9 Å². The summed E-state index contributed by atoms with van der Waals surface area (Å²) >= 11 is 0. The number of sulfonamides is 1. The van der Waals surface area contributed by atoms with Gasteiger partial charge in [-0.15, -0.1) is 5.01 Å². The van der Waals surface area contributed by atoms with E-state index in [1.165, 1.54) is 19.2 Å². The second-order valence-corrected chi connectivity index (χ2v) is 13.5. The molecule has 39 heavy (non-hydrogen) atoms. The molecule has 3 unspecified atom stereocenters. The number of benzene rings is 1. The highest BCUT2D eigenvalue weighted by Crippen LogP contribution is 2.40. The third-order valence-electron chi connectivity index (χ3n) is 9.26. The minimum Gasteiger partial charge on any atom is -0.453 e. The molecule has 12 heteroatoms. The van der Waals surface area contributed by atoms with Crippen molar-refractivity contribution in [1.82, 2.24) is 14.2 Å². The van der Waals surface area contributed by atoms with Gasteiger partial charge in [-0.25, -0.2) is 13.2 Å². The van der Waals surface area contributed by atoms with Gasteiger partial charge in [-0.2, -0.15) is 4.31 Å². The number of rotatable bonds is 5. The lowest BCUT2D eigenvalue weighted by molar-refractivity contribution is -0.692. The van der Waals surface area contributed by atoms with Crippen molar-refractivity contribution in [3.8, 4) is 0 Å². The number of nitroso groups, excluding NO2 is 1. The van der Waals surface area contributed by atoms with Crippen LogP contribution in [0.3, 0.4) is 0 Å². The van der Waals surface area contributed by atoms with Gasteiger partial charge in [0.15, 0.2) is 0 Å². The zero-order chi connectivity index (χ0) is 27.7. The number of carbonyl (C=O) groups is 2. The molecule has 5 rings (SSSR count). The molecule has 0 bridgehead atoms. The summed E-state index contributed by atoms with van der Waals surface area (Å²) in [6, 6.07) is 6.03. The number of hydrogen-bond donors (Lipinski definition) is 1. The Hall–Kier alpha value is -2.73. The van der Waals surface area contributed by atoms with E-state index in [-0.39, 0.29) is 29.3 Å². The van der Waals surface area contributed by atoms with Crippen molar-refractivity contribution in [3.05, 3.63) is 29.2 Å². The molecule has 4 aliphatic heterocycles.